The van der Waals surface area contributed by atoms with E-state index in [1.54, 1.807) is 23.0 Å². The molecule has 0 atom stereocenters. The number of nitrogens with one attached hydrogen (secondary N) is 1. The van der Waals surface area contributed by atoms with Crippen LogP contribution in [-0.2, 0) is 16.4 Å². The van der Waals surface area contributed by atoms with E-state index in [9.17, 15) is 13.2 Å². The summed E-state index contributed by atoms with van der Waals surface area (Å²) in [5, 5.41) is 7.08. The fourth-order valence-corrected chi connectivity index (χ4v) is 5.03. The van der Waals surface area contributed by atoms with Gasteiger partial charge in [0.1, 0.15) is 0 Å². The van der Waals surface area contributed by atoms with Gasteiger partial charge >= 0.3 is 0 Å². The number of aromatic nitrogens is 2. The highest BCUT2D eigenvalue weighted by Crippen LogP contribution is 2.21. The van der Waals surface area contributed by atoms with Crippen molar-refractivity contribution in [3.05, 3.63) is 78.1 Å². The van der Waals surface area contributed by atoms with Crippen LogP contribution in [0, 0.1) is 0 Å². The number of amides is 1. The van der Waals surface area contributed by atoms with Gasteiger partial charge in [-0.1, -0.05) is 12.1 Å². The fourth-order valence-electron chi connectivity index (χ4n) is 3.52. The molecule has 1 aliphatic heterocycles. The molecule has 1 fully saturated rings. The van der Waals surface area contributed by atoms with Gasteiger partial charge in [-0.2, -0.15) is 9.40 Å². The quantitative estimate of drug-likeness (QED) is 0.632. The molecule has 0 saturated carbocycles. The Bertz CT molecular complexity index is 1090. The molecule has 1 aliphatic rings. The molecule has 30 heavy (non-hydrogen) atoms. The lowest BCUT2D eigenvalue weighted by atomic mass is 10.1. The van der Waals surface area contributed by atoms with Gasteiger partial charge in [0.2, 0.25) is 10.0 Å². The predicted molar refractivity (Wildman–Crippen MR) is 114 cm³/mol. The van der Waals surface area contributed by atoms with Crippen molar-refractivity contribution in [2.75, 3.05) is 19.6 Å². The third-order valence-corrected chi connectivity index (χ3v) is 7.14. The zero-order chi connectivity index (χ0) is 21.0. The summed E-state index contributed by atoms with van der Waals surface area (Å²) in [6, 6.07) is 16.0. The summed E-state index contributed by atoms with van der Waals surface area (Å²) < 4.78 is 28.4. The topological polar surface area (TPSA) is 84.3 Å². The summed E-state index contributed by atoms with van der Waals surface area (Å²) in [4.78, 5) is 12.6. The van der Waals surface area contributed by atoms with Crippen LogP contribution in [0.4, 0.5) is 0 Å². The summed E-state index contributed by atoms with van der Waals surface area (Å²) in [6.45, 7) is 1.62. The van der Waals surface area contributed by atoms with Crippen LogP contribution in [0.25, 0.3) is 5.69 Å². The average Bonchev–Trinajstić information content (AvgIpc) is 3.49. The number of benzene rings is 2. The molecule has 2 aromatic carbocycles. The van der Waals surface area contributed by atoms with E-state index in [1.807, 2.05) is 36.5 Å². The molecular weight excluding hydrogens is 400 g/mol. The molecule has 0 bridgehead atoms. The molecule has 4 rings (SSSR count). The third-order valence-electron chi connectivity index (χ3n) is 5.22. The van der Waals surface area contributed by atoms with Gasteiger partial charge in [-0.25, -0.2) is 13.1 Å². The van der Waals surface area contributed by atoms with E-state index in [0.29, 0.717) is 31.6 Å². The lowest BCUT2D eigenvalue weighted by Gasteiger charge is -2.15. The number of rotatable bonds is 7. The minimum atomic E-state index is -3.46. The molecule has 1 N–H and O–H groups in total. The van der Waals surface area contributed by atoms with Crippen molar-refractivity contribution in [3.63, 3.8) is 0 Å². The van der Waals surface area contributed by atoms with Gasteiger partial charge in [-0.15, -0.1) is 0 Å². The molecule has 0 aliphatic carbocycles. The molecule has 156 valence electrons. The molecule has 3 aromatic rings. The molecule has 0 radical (unpaired) electrons. The van der Waals surface area contributed by atoms with Crippen molar-refractivity contribution < 1.29 is 13.2 Å². The maximum absolute atomic E-state index is 12.6. The molecule has 8 heteroatoms. The Morgan fingerprint density at radius 3 is 2.33 bits per heavy atom. The molecular formula is C22H24N4O3S. The Kier molecular flexibility index (Phi) is 5.96. The van der Waals surface area contributed by atoms with Crippen molar-refractivity contribution >= 4 is 15.9 Å². The van der Waals surface area contributed by atoms with Crippen molar-refractivity contribution in [3.8, 4) is 5.69 Å². The Hall–Kier alpha value is -2.97. The largest absolute Gasteiger partial charge is 0.352 e. The summed E-state index contributed by atoms with van der Waals surface area (Å²) in [6.07, 6.45) is 6.11. The monoisotopic (exact) mass is 424 g/mol. The third kappa shape index (κ3) is 4.44. The van der Waals surface area contributed by atoms with Crippen molar-refractivity contribution in [1.82, 2.24) is 19.4 Å². The van der Waals surface area contributed by atoms with E-state index in [1.165, 1.54) is 16.4 Å². The lowest BCUT2D eigenvalue weighted by Crippen LogP contribution is -2.28. The van der Waals surface area contributed by atoms with Crippen LogP contribution in [0.3, 0.4) is 0 Å². The SMILES string of the molecule is O=C(NCCc1ccc(-n2cccn2)cc1)c1ccc(S(=O)(=O)N2CCCC2)cc1. The first kappa shape index (κ1) is 20.3. The van der Waals surface area contributed by atoms with Crippen molar-refractivity contribution in [2.24, 2.45) is 0 Å². The van der Waals surface area contributed by atoms with Crippen LogP contribution in [0.5, 0.6) is 0 Å². The Balaban J connectivity index is 1.31. The number of sulfonamides is 1. The van der Waals surface area contributed by atoms with E-state index >= 15 is 0 Å². The number of hydrogen-bond donors (Lipinski definition) is 1. The molecule has 1 saturated heterocycles. The van der Waals surface area contributed by atoms with Gasteiger partial charge in [0.15, 0.2) is 0 Å². The van der Waals surface area contributed by atoms with Crippen LogP contribution in [0.15, 0.2) is 71.9 Å². The van der Waals surface area contributed by atoms with Gasteiger partial charge in [0, 0.05) is 37.6 Å². The predicted octanol–water partition coefficient (Wildman–Crippen LogP) is 2.63. The normalized spacial score (nSPS) is 14.7. The van der Waals surface area contributed by atoms with Crippen molar-refractivity contribution in [1.29, 1.82) is 0 Å². The highest BCUT2D eigenvalue weighted by molar-refractivity contribution is 7.89. The second-order valence-electron chi connectivity index (χ2n) is 7.26. The zero-order valence-electron chi connectivity index (χ0n) is 16.6. The lowest BCUT2D eigenvalue weighted by molar-refractivity contribution is 0.0954. The van der Waals surface area contributed by atoms with Gasteiger partial charge in [-0.3, -0.25) is 4.79 Å². The molecule has 1 amide bonds. The highest BCUT2D eigenvalue weighted by Gasteiger charge is 2.27. The van der Waals surface area contributed by atoms with Gasteiger partial charge in [-0.05, 0) is 67.3 Å². The van der Waals surface area contributed by atoms with Gasteiger partial charge in [0.25, 0.3) is 5.91 Å². The first-order valence-corrected chi connectivity index (χ1v) is 11.5. The smallest absolute Gasteiger partial charge is 0.251 e. The standard InChI is InChI=1S/C22H24N4O3S/c27-22(19-6-10-21(11-7-19)30(28,29)25-15-1-2-16-25)23-14-12-18-4-8-20(9-5-18)26-17-3-13-24-26/h3-11,13,17H,1-2,12,14-16H2,(H,23,27). The van der Waals surface area contributed by atoms with E-state index in [4.69, 9.17) is 0 Å². The number of nitrogens with zero attached hydrogens (tertiary/aromatic N) is 3. The molecule has 0 unspecified atom stereocenters. The van der Waals surface area contributed by atoms with E-state index in [2.05, 4.69) is 10.4 Å². The van der Waals surface area contributed by atoms with Crippen LogP contribution >= 0.6 is 0 Å². The number of hydrogen-bond acceptors (Lipinski definition) is 4. The van der Waals surface area contributed by atoms with Crippen LogP contribution < -0.4 is 5.32 Å². The summed E-state index contributed by atoms with van der Waals surface area (Å²) in [7, 11) is -3.46. The average molecular weight is 425 g/mol. The minimum absolute atomic E-state index is 0.215. The molecule has 0 spiro atoms. The summed E-state index contributed by atoms with van der Waals surface area (Å²) in [5.74, 6) is -0.215. The van der Waals surface area contributed by atoms with Crippen LogP contribution in [-0.4, -0.2) is 48.0 Å². The Morgan fingerprint density at radius 2 is 1.70 bits per heavy atom. The summed E-state index contributed by atoms with van der Waals surface area (Å²) in [5.41, 5.74) is 2.54. The number of carbonyl (C=O) groups excluding carboxylic acids is 1. The van der Waals surface area contributed by atoms with E-state index in [-0.39, 0.29) is 10.8 Å². The summed E-state index contributed by atoms with van der Waals surface area (Å²) >= 11 is 0. The van der Waals surface area contributed by atoms with Crippen LogP contribution in [0.1, 0.15) is 28.8 Å². The Labute approximate surface area is 176 Å². The first-order valence-electron chi connectivity index (χ1n) is 10.0. The second-order valence-corrected chi connectivity index (χ2v) is 9.20. The maximum Gasteiger partial charge on any atom is 0.251 e. The van der Waals surface area contributed by atoms with Gasteiger partial charge < -0.3 is 5.32 Å². The minimum Gasteiger partial charge on any atom is -0.352 e. The maximum atomic E-state index is 12.6. The number of carbonyl (C=O) groups is 1. The second kappa shape index (κ2) is 8.81. The molecule has 7 nitrogen and oxygen atoms in total. The Morgan fingerprint density at radius 1 is 1.00 bits per heavy atom. The first-order chi connectivity index (χ1) is 14.5. The zero-order valence-corrected chi connectivity index (χ0v) is 17.4. The molecule has 2 heterocycles. The van der Waals surface area contributed by atoms with E-state index in [0.717, 1.165) is 24.1 Å². The molecule has 1 aromatic heterocycles. The van der Waals surface area contributed by atoms with Crippen molar-refractivity contribution in [2.45, 2.75) is 24.2 Å². The highest BCUT2D eigenvalue weighted by atomic mass is 32.2. The van der Waals surface area contributed by atoms with Gasteiger partial charge in [0.05, 0.1) is 10.6 Å². The van der Waals surface area contributed by atoms with Crippen LogP contribution in [0.2, 0.25) is 0 Å². The fraction of sp³-hybridized carbons (Fsp3) is 0.273. The van der Waals surface area contributed by atoms with E-state index < -0.39 is 10.0 Å².